The SMILES string of the molecule is C[C@H](O)[C@]1(O)CC[C@]2(O)[C@]1(C)[C@H](O)C[C@@H]1[C@@]3(C)CC[C@@H](O)CC3=CC[C@@]12O. The lowest BCUT2D eigenvalue weighted by Crippen LogP contribution is -2.78. The van der Waals surface area contributed by atoms with E-state index in [9.17, 15) is 30.6 Å². The summed E-state index contributed by atoms with van der Waals surface area (Å²) >= 11 is 0. The average molecular weight is 382 g/mol. The Kier molecular flexibility index (Phi) is 4.07. The van der Waals surface area contributed by atoms with Crippen LogP contribution in [-0.4, -0.2) is 65.8 Å². The van der Waals surface area contributed by atoms with E-state index < -0.39 is 39.8 Å². The first kappa shape index (κ1) is 19.8. The molecule has 0 aromatic heterocycles. The summed E-state index contributed by atoms with van der Waals surface area (Å²) in [6.45, 7) is 5.15. The number of hydrogen-bond acceptors (Lipinski definition) is 6. The van der Waals surface area contributed by atoms with Gasteiger partial charge in [0.1, 0.15) is 16.8 Å². The Labute approximate surface area is 160 Å². The highest BCUT2D eigenvalue weighted by Gasteiger charge is 2.80. The Morgan fingerprint density at radius 2 is 1.74 bits per heavy atom. The third-order valence-corrected chi connectivity index (χ3v) is 9.35. The molecule has 4 aliphatic carbocycles. The molecule has 4 aliphatic rings. The van der Waals surface area contributed by atoms with Gasteiger partial charge in [0.2, 0.25) is 0 Å². The van der Waals surface area contributed by atoms with Crippen LogP contribution < -0.4 is 0 Å². The first-order chi connectivity index (χ1) is 12.4. The van der Waals surface area contributed by atoms with Crippen LogP contribution in [0.25, 0.3) is 0 Å². The third-order valence-electron chi connectivity index (χ3n) is 9.35. The van der Waals surface area contributed by atoms with Gasteiger partial charge in [-0.25, -0.2) is 0 Å². The lowest BCUT2D eigenvalue weighted by atomic mass is 9.42. The Bertz CT molecular complexity index is 678. The molecule has 3 fully saturated rings. The molecule has 0 amide bonds. The maximum absolute atomic E-state index is 11.9. The summed E-state index contributed by atoms with van der Waals surface area (Å²) in [4.78, 5) is 0. The van der Waals surface area contributed by atoms with Gasteiger partial charge in [-0.2, -0.15) is 0 Å². The van der Waals surface area contributed by atoms with E-state index in [-0.39, 0.29) is 37.7 Å². The Morgan fingerprint density at radius 3 is 2.37 bits per heavy atom. The summed E-state index contributed by atoms with van der Waals surface area (Å²) in [6, 6.07) is 0. The van der Waals surface area contributed by atoms with Crippen molar-refractivity contribution in [3.8, 4) is 0 Å². The van der Waals surface area contributed by atoms with E-state index in [1.54, 1.807) is 6.92 Å². The van der Waals surface area contributed by atoms with Gasteiger partial charge in [0.15, 0.2) is 0 Å². The van der Waals surface area contributed by atoms with Gasteiger partial charge < -0.3 is 30.6 Å². The second-order valence-electron chi connectivity index (χ2n) is 10.1. The van der Waals surface area contributed by atoms with Crippen molar-refractivity contribution in [2.24, 2.45) is 16.7 Å². The molecule has 0 aliphatic heterocycles. The van der Waals surface area contributed by atoms with Gasteiger partial charge in [-0.1, -0.05) is 25.5 Å². The Hall–Kier alpha value is -0.500. The summed E-state index contributed by atoms with van der Waals surface area (Å²) in [7, 11) is 0. The highest BCUT2D eigenvalue weighted by Crippen LogP contribution is 2.70. The van der Waals surface area contributed by atoms with Gasteiger partial charge in [-0.15, -0.1) is 0 Å². The van der Waals surface area contributed by atoms with Crippen LogP contribution in [0.4, 0.5) is 0 Å². The lowest BCUT2D eigenvalue weighted by Gasteiger charge is -2.67. The van der Waals surface area contributed by atoms with Gasteiger partial charge in [0, 0.05) is 5.92 Å². The zero-order valence-corrected chi connectivity index (χ0v) is 16.5. The summed E-state index contributed by atoms with van der Waals surface area (Å²) in [5.74, 6) is -0.373. The number of hydrogen-bond donors (Lipinski definition) is 6. The second-order valence-corrected chi connectivity index (χ2v) is 10.1. The molecule has 0 unspecified atom stereocenters. The first-order valence-corrected chi connectivity index (χ1v) is 10.3. The van der Waals surface area contributed by atoms with E-state index in [0.717, 1.165) is 5.57 Å². The van der Waals surface area contributed by atoms with Crippen LogP contribution in [0.15, 0.2) is 11.6 Å². The zero-order valence-electron chi connectivity index (χ0n) is 16.5. The summed E-state index contributed by atoms with van der Waals surface area (Å²) in [5, 5.41) is 66.6. The monoisotopic (exact) mass is 382 g/mol. The van der Waals surface area contributed by atoms with Crippen molar-refractivity contribution >= 4 is 0 Å². The van der Waals surface area contributed by atoms with Gasteiger partial charge >= 0.3 is 0 Å². The minimum atomic E-state index is -1.71. The minimum absolute atomic E-state index is 0.121. The fourth-order valence-corrected chi connectivity index (χ4v) is 7.37. The molecule has 3 saturated carbocycles. The van der Waals surface area contributed by atoms with Crippen LogP contribution >= 0.6 is 0 Å². The topological polar surface area (TPSA) is 121 Å². The van der Waals surface area contributed by atoms with E-state index in [2.05, 4.69) is 6.92 Å². The van der Waals surface area contributed by atoms with Crippen LogP contribution in [-0.2, 0) is 0 Å². The van der Waals surface area contributed by atoms with Crippen LogP contribution in [0, 0.1) is 16.7 Å². The number of aliphatic hydroxyl groups excluding tert-OH is 3. The maximum Gasteiger partial charge on any atom is 0.105 e. The Morgan fingerprint density at radius 1 is 1.07 bits per heavy atom. The largest absolute Gasteiger partial charge is 0.393 e. The molecule has 6 nitrogen and oxygen atoms in total. The van der Waals surface area contributed by atoms with Crippen molar-refractivity contribution < 1.29 is 30.6 Å². The molecule has 0 aromatic carbocycles. The number of fused-ring (bicyclic) bond motifs is 5. The molecule has 0 saturated heterocycles. The summed E-state index contributed by atoms with van der Waals surface area (Å²) in [5.41, 5.74) is -5.63. The Balaban J connectivity index is 1.86. The fraction of sp³-hybridized carbons (Fsp3) is 0.905. The maximum atomic E-state index is 11.9. The van der Waals surface area contributed by atoms with Crippen LogP contribution in [0.1, 0.15) is 65.7 Å². The van der Waals surface area contributed by atoms with Gasteiger partial charge in [-0.3, -0.25) is 0 Å². The first-order valence-electron chi connectivity index (χ1n) is 10.3. The molecule has 0 aromatic rings. The van der Waals surface area contributed by atoms with E-state index in [1.165, 1.54) is 6.92 Å². The van der Waals surface area contributed by atoms with Crippen molar-refractivity contribution in [1.29, 1.82) is 0 Å². The molecule has 6 N–H and O–H groups in total. The number of aliphatic hydroxyl groups is 6. The summed E-state index contributed by atoms with van der Waals surface area (Å²) < 4.78 is 0. The predicted octanol–water partition coefficient (Wildman–Crippen LogP) is 0.623. The van der Waals surface area contributed by atoms with E-state index >= 15 is 0 Å². The fourth-order valence-electron chi connectivity index (χ4n) is 7.37. The quantitative estimate of drug-likeness (QED) is 0.370. The van der Waals surface area contributed by atoms with E-state index in [0.29, 0.717) is 19.3 Å². The van der Waals surface area contributed by atoms with Crippen molar-refractivity contribution in [2.75, 3.05) is 0 Å². The molecule has 0 heterocycles. The molecule has 0 spiro atoms. The lowest BCUT2D eigenvalue weighted by molar-refractivity contribution is -0.325. The highest BCUT2D eigenvalue weighted by atomic mass is 16.4. The predicted molar refractivity (Wildman–Crippen MR) is 98.6 cm³/mol. The van der Waals surface area contributed by atoms with E-state index in [4.69, 9.17) is 0 Å². The summed E-state index contributed by atoms with van der Waals surface area (Å²) in [6.07, 6.45) is 1.96. The molecule has 0 radical (unpaired) electrons. The van der Waals surface area contributed by atoms with E-state index in [1.807, 2.05) is 6.08 Å². The van der Waals surface area contributed by atoms with Gasteiger partial charge in [0.25, 0.3) is 0 Å². The van der Waals surface area contributed by atoms with Crippen LogP contribution in [0.5, 0.6) is 0 Å². The molecule has 154 valence electrons. The normalized spacial score (nSPS) is 58.7. The smallest absolute Gasteiger partial charge is 0.105 e. The highest BCUT2D eigenvalue weighted by molar-refractivity contribution is 5.36. The van der Waals surface area contributed by atoms with Crippen molar-refractivity contribution in [3.05, 3.63) is 11.6 Å². The van der Waals surface area contributed by atoms with Gasteiger partial charge in [0.05, 0.1) is 23.7 Å². The van der Waals surface area contributed by atoms with Crippen LogP contribution in [0.2, 0.25) is 0 Å². The molecule has 9 atom stereocenters. The zero-order chi connectivity index (χ0) is 20.0. The number of rotatable bonds is 1. The molecular weight excluding hydrogens is 348 g/mol. The second kappa shape index (κ2) is 5.55. The molecule has 0 bridgehead atoms. The van der Waals surface area contributed by atoms with Crippen molar-refractivity contribution in [1.82, 2.24) is 0 Å². The standard InChI is InChI=1S/C21H34O6/c1-12(22)19(25)8-9-21(27)18(19,3)16(24)11-15-17(2)6-5-14(23)10-13(17)4-7-20(15,21)26/h4,12,14-16,22-27H,5-11H2,1-3H3/t12-,14+,15+,16+,17-,18+,19+,20+,21-/m0/s1. The minimum Gasteiger partial charge on any atom is -0.393 e. The van der Waals surface area contributed by atoms with Crippen molar-refractivity contribution in [2.45, 2.75) is 101 Å². The third kappa shape index (κ3) is 2.02. The molecule has 27 heavy (non-hydrogen) atoms. The molecular formula is C21H34O6. The van der Waals surface area contributed by atoms with Gasteiger partial charge in [-0.05, 0) is 57.3 Å². The molecule has 4 rings (SSSR count). The van der Waals surface area contributed by atoms with Crippen LogP contribution in [0.3, 0.4) is 0 Å². The van der Waals surface area contributed by atoms with Crippen molar-refractivity contribution in [3.63, 3.8) is 0 Å². The average Bonchev–Trinajstić information content (AvgIpc) is 2.83. The molecule has 6 heteroatoms.